The lowest BCUT2D eigenvalue weighted by atomic mass is 10.1. The van der Waals surface area contributed by atoms with E-state index in [9.17, 15) is 9.59 Å². The standard InChI is InChI=1S/C22H26N4O2/c1-6-26(22(28)24-19-14(2)10-9-11-15(19)3)16(4)20-23-18-13-8-7-12-17(18)21(27)25(20)5/h7-13,16H,6H2,1-5H3,(H,24,28). The first kappa shape index (κ1) is 19.6. The molecule has 6 heteroatoms. The Bertz CT molecular complexity index is 1070. The van der Waals surface area contributed by atoms with Gasteiger partial charge in [-0.1, -0.05) is 30.3 Å². The van der Waals surface area contributed by atoms with Gasteiger partial charge in [0.25, 0.3) is 5.56 Å². The van der Waals surface area contributed by atoms with E-state index < -0.39 is 0 Å². The number of fused-ring (bicyclic) bond motifs is 1. The van der Waals surface area contributed by atoms with Crippen molar-refractivity contribution in [3.8, 4) is 0 Å². The number of nitrogens with zero attached hydrogens (tertiary/aromatic N) is 3. The van der Waals surface area contributed by atoms with Crippen LogP contribution in [0.4, 0.5) is 10.5 Å². The van der Waals surface area contributed by atoms with Crippen LogP contribution in [0.2, 0.25) is 0 Å². The van der Waals surface area contributed by atoms with Crippen LogP contribution in [0.25, 0.3) is 10.9 Å². The summed E-state index contributed by atoms with van der Waals surface area (Å²) in [5, 5.41) is 3.60. The molecule has 3 rings (SSSR count). The maximum atomic E-state index is 13.0. The van der Waals surface area contributed by atoms with Crippen LogP contribution in [0.3, 0.4) is 0 Å². The SMILES string of the molecule is CCN(C(=O)Nc1c(C)cccc1C)C(C)c1nc2ccccc2c(=O)n1C. The van der Waals surface area contributed by atoms with Gasteiger partial charge in [-0.25, -0.2) is 9.78 Å². The number of carbonyl (C=O) groups is 1. The summed E-state index contributed by atoms with van der Waals surface area (Å²) in [6.45, 7) is 8.23. The minimum atomic E-state index is -0.364. The highest BCUT2D eigenvalue weighted by Gasteiger charge is 2.24. The fourth-order valence-electron chi connectivity index (χ4n) is 3.53. The van der Waals surface area contributed by atoms with Gasteiger partial charge in [0.05, 0.1) is 16.9 Å². The van der Waals surface area contributed by atoms with Crippen molar-refractivity contribution in [1.82, 2.24) is 14.5 Å². The topological polar surface area (TPSA) is 67.2 Å². The average molecular weight is 378 g/mol. The molecule has 0 spiro atoms. The Kier molecular flexibility index (Phi) is 5.49. The van der Waals surface area contributed by atoms with Gasteiger partial charge < -0.3 is 10.2 Å². The molecule has 1 N–H and O–H groups in total. The summed E-state index contributed by atoms with van der Waals surface area (Å²) in [4.78, 5) is 32.1. The lowest BCUT2D eigenvalue weighted by Crippen LogP contribution is -2.39. The van der Waals surface area contributed by atoms with E-state index >= 15 is 0 Å². The number of nitrogens with one attached hydrogen (secondary N) is 1. The molecule has 0 radical (unpaired) electrons. The lowest BCUT2D eigenvalue weighted by Gasteiger charge is -2.29. The van der Waals surface area contributed by atoms with Crippen molar-refractivity contribution in [3.63, 3.8) is 0 Å². The van der Waals surface area contributed by atoms with E-state index in [2.05, 4.69) is 10.3 Å². The number of benzene rings is 2. The molecule has 1 atom stereocenters. The van der Waals surface area contributed by atoms with Gasteiger partial charge in [-0.05, 0) is 51.0 Å². The zero-order valence-corrected chi connectivity index (χ0v) is 17.0. The third kappa shape index (κ3) is 3.50. The van der Waals surface area contributed by atoms with E-state index in [0.29, 0.717) is 23.3 Å². The Hall–Kier alpha value is -3.15. The van der Waals surface area contributed by atoms with E-state index in [0.717, 1.165) is 16.8 Å². The summed E-state index contributed by atoms with van der Waals surface area (Å²) in [7, 11) is 1.70. The summed E-state index contributed by atoms with van der Waals surface area (Å²) in [6.07, 6.45) is 0. The highest BCUT2D eigenvalue weighted by molar-refractivity contribution is 5.91. The second kappa shape index (κ2) is 7.84. The predicted octanol–water partition coefficient (Wildman–Crippen LogP) is 4.17. The maximum absolute atomic E-state index is 13.0. The first-order valence-electron chi connectivity index (χ1n) is 9.44. The van der Waals surface area contributed by atoms with Gasteiger partial charge in [0.15, 0.2) is 0 Å². The number of rotatable bonds is 4. The number of anilines is 1. The highest BCUT2D eigenvalue weighted by atomic mass is 16.2. The van der Waals surface area contributed by atoms with Crippen molar-refractivity contribution in [2.24, 2.45) is 7.05 Å². The number of aryl methyl sites for hydroxylation is 2. The Balaban J connectivity index is 1.97. The van der Waals surface area contributed by atoms with Crippen LogP contribution in [0.1, 0.15) is 36.8 Å². The molecular formula is C22H26N4O2. The number of hydrogen-bond acceptors (Lipinski definition) is 3. The van der Waals surface area contributed by atoms with Crippen LogP contribution in [-0.4, -0.2) is 27.0 Å². The molecule has 0 aliphatic carbocycles. The fraction of sp³-hybridized carbons (Fsp3) is 0.318. The first-order valence-corrected chi connectivity index (χ1v) is 9.44. The minimum absolute atomic E-state index is 0.112. The van der Waals surface area contributed by atoms with Crippen LogP contribution in [-0.2, 0) is 7.05 Å². The summed E-state index contributed by atoms with van der Waals surface area (Å²) in [6, 6.07) is 12.6. The van der Waals surface area contributed by atoms with Crippen LogP contribution in [0.5, 0.6) is 0 Å². The minimum Gasteiger partial charge on any atom is -0.315 e. The van der Waals surface area contributed by atoms with E-state index in [1.165, 1.54) is 4.57 Å². The molecule has 2 aromatic carbocycles. The Morgan fingerprint density at radius 1 is 1.14 bits per heavy atom. The van der Waals surface area contributed by atoms with Gasteiger partial charge in [-0.15, -0.1) is 0 Å². The van der Waals surface area contributed by atoms with Crippen LogP contribution in [0.15, 0.2) is 47.3 Å². The van der Waals surface area contributed by atoms with E-state index in [4.69, 9.17) is 0 Å². The summed E-state index contributed by atoms with van der Waals surface area (Å²) in [5.74, 6) is 0.558. The van der Waals surface area contributed by atoms with Crippen molar-refractivity contribution < 1.29 is 4.79 Å². The van der Waals surface area contributed by atoms with E-state index in [1.807, 2.05) is 64.1 Å². The molecule has 1 heterocycles. The van der Waals surface area contributed by atoms with Gasteiger partial charge in [0.1, 0.15) is 5.82 Å². The normalized spacial score (nSPS) is 12.0. The van der Waals surface area contributed by atoms with Crippen LogP contribution in [0, 0.1) is 13.8 Å². The van der Waals surface area contributed by atoms with Gasteiger partial charge in [-0.2, -0.15) is 0 Å². The third-order valence-corrected chi connectivity index (χ3v) is 5.17. The predicted molar refractivity (Wildman–Crippen MR) is 113 cm³/mol. The second-order valence-corrected chi connectivity index (χ2v) is 7.01. The molecule has 0 saturated heterocycles. The number of para-hydroxylation sites is 2. The molecule has 6 nitrogen and oxygen atoms in total. The molecule has 28 heavy (non-hydrogen) atoms. The van der Waals surface area contributed by atoms with E-state index in [-0.39, 0.29) is 17.6 Å². The van der Waals surface area contributed by atoms with E-state index in [1.54, 1.807) is 18.0 Å². The highest BCUT2D eigenvalue weighted by Crippen LogP contribution is 2.23. The number of hydrogen-bond donors (Lipinski definition) is 1. The zero-order chi connectivity index (χ0) is 20.4. The molecule has 0 aliphatic rings. The summed E-state index contributed by atoms with van der Waals surface area (Å²) in [5.41, 5.74) is 3.36. The zero-order valence-electron chi connectivity index (χ0n) is 17.0. The largest absolute Gasteiger partial charge is 0.322 e. The molecule has 2 amide bonds. The van der Waals surface area contributed by atoms with Gasteiger partial charge in [0.2, 0.25) is 0 Å². The third-order valence-electron chi connectivity index (χ3n) is 5.17. The number of carbonyl (C=O) groups excluding carboxylic acids is 1. The second-order valence-electron chi connectivity index (χ2n) is 7.01. The molecule has 146 valence electrons. The monoisotopic (exact) mass is 378 g/mol. The average Bonchev–Trinajstić information content (AvgIpc) is 2.68. The Morgan fingerprint density at radius 2 is 1.79 bits per heavy atom. The van der Waals surface area contributed by atoms with Crippen molar-refractivity contribution in [2.75, 3.05) is 11.9 Å². The molecule has 0 saturated carbocycles. The summed E-state index contributed by atoms with van der Waals surface area (Å²) >= 11 is 0. The van der Waals surface area contributed by atoms with Crippen LogP contribution >= 0.6 is 0 Å². The van der Waals surface area contributed by atoms with Crippen LogP contribution < -0.4 is 10.9 Å². The molecule has 3 aromatic rings. The smallest absolute Gasteiger partial charge is 0.315 e. The van der Waals surface area contributed by atoms with Gasteiger partial charge in [-0.3, -0.25) is 9.36 Å². The maximum Gasteiger partial charge on any atom is 0.322 e. The Labute approximate surface area is 164 Å². The van der Waals surface area contributed by atoms with Crippen molar-refractivity contribution >= 4 is 22.6 Å². The molecular weight excluding hydrogens is 352 g/mol. The van der Waals surface area contributed by atoms with Crippen molar-refractivity contribution in [3.05, 3.63) is 69.8 Å². The molecule has 0 bridgehead atoms. The first-order chi connectivity index (χ1) is 13.3. The number of urea groups is 1. The fourth-order valence-corrected chi connectivity index (χ4v) is 3.53. The molecule has 0 aliphatic heterocycles. The Morgan fingerprint density at radius 3 is 2.43 bits per heavy atom. The number of amides is 2. The number of aromatic nitrogens is 2. The van der Waals surface area contributed by atoms with Crippen molar-refractivity contribution in [1.29, 1.82) is 0 Å². The molecule has 1 unspecified atom stereocenters. The molecule has 0 fully saturated rings. The summed E-state index contributed by atoms with van der Waals surface area (Å²) < 4.78 is 1.53. The van der Waals surface area contributed by atoms with Crippen molar-refractivity contribution in [2.45, 2.75) is 33.7 Å². The quantitative estimate of drug-likeness (QED) is 0.741. The van der Waals surface area contributed by atoms with Gasteiger partial charge in [0, 0.05) is 19.3 Å². The molecule has 1 aromatic heterocycles. The lowest BCUT2D eigenvalue weighted by molar-refractivity contribution is 0.193. The van der Waals surface area contributed by atoms with Gasteiger partial charge >= 0.3 is 6.03 Å².